The second kappa shape index (κ2) is 7.85. The van der Waals surface area contributed by atoms with E-state index in [1.165, 1.54) is 19.3 Å². The summed E-state index contributed by atoms with van der Waals surface area (Å²) in [5.41, 5.74) is 0.779. The normalized spacial score (nSPS) is 10.1. The van der Waals surface area contributed by atoms with Crippen molar-refractivity contribution < 1.29 is 4.79 Å². The topological polar surface area (TPSA) is 42.0 Å². The van der Waals surface area contributed by atoms with Crippen molar-refractivity contribution in [1.82, 2.24) is 4.98 Å². The van der Waals surface area contributed by atoms with Gasteiger partial charge in [0.2, 0.25) is 5.91 Å². The summed E-state index contributed by atoms with van der Waals surface area (Å²) in [5, 5.41) is 2.83. The van der Waals surface area contributed by atoms with Gasteiger partial charge in [-0.2, -0.15) is 0 Å². The van der Waals surface area contributed by atoms with Gasteiger partial charge in [0.25, 0.3) is 0 Å². The molecule has 3 heteroatoms. The highest BCUT2D eigenvalue weighted by Crippen LogP contribution is 2.07. The highest BCUT2D eigenvalue weighted by molar-refractivity contribution is 5.90. The predicted molar refractivity (Wildman–Crippen MR) is 66.2 cm³/mol. The second-order valence-corrected chi connectivity index (χ2v) is 3.95. The summed E-state index contributed by atoms with van der Waals surface area (Å²) >= 11 is 0. The lowest BCUT2D eigenvalue weighted by Gasteiger charge is -2.04. The molecule has 0 aromatic carbocycles. The Labute approximate surface area is 97.3 Å². The molecule has 0 bridgehead atoms. The number of carbonyl (C=O) groups excluding carboxylic acids is 1. The number of nitrogens with one attached hydrogen (secondary N) is 1. The van der Waals surface area contributed by atoms with E-state index in [1.54, 1.807) is 12.4 Å². The Kier molecular flexibility index (Phi) is 6.23. The van der Waals surface area contributed by atoms with E-state index >= 15 is 0 Å². The number of anilines is 1. The van der Waals surface area contributed by atoms with Gasteiger partial charge in [-0.1, -0.05) is 32.6 Å². The zero-order valence-electron chi connectivity index (χ0n) is 9.91. The maximum absolute atomic E-state index is 11.5. The van der Waals surface area contributed by atoms with Crippen LogP contribution in [0.3, 0.4) is 0 Å². The summed E-state index contributed by atoms with van der Waals surface area (Å²) in [7, 11) is 0. The number of pyridine rings is 1. The molecule has 0 aliphatic heterocycles. The highest BCUT2D eigenvalue weighted by atomic mass is 16.1. The van der Waals surface area contributed by atoms with E-state index in [2.05, 4.69) is 17.2 Å². The highest BCUT2D eigenvalue weighted by Gasteiger charge is 2.01. The maximum atomic E-state index is 11.5. The van der Waals surface area contributed by atoms with E-state index in [1.807, 2.05) is 12.1 Å². The monoisotopic (exact) mass is 220 g/mol. The van der Waals surface area contributed by atoms with Crippen LogP contribution in [0.2, 0.25) is 0 Å². The number of carbonyl (C=O) groups is 1. The van der Waals surface area contributed by atoms with Crippen LogP contribution in [0.4, 0.5) is 5.69 Å². The first kappa shape index (κ1) is 12.7. The van der Waals surface area contributed by atoms with Crippen LogP contribution < -0.4 is 5.32 Å². The van der Waals surface area contributed by atoms with Crippen LogP contribution >= 0.6 is 0 Å². The van der Waals surface area contributed by atoms with E-state index in [-0.39, 0.29) is 5.91 Å². The van der Waals surface area contributed by atoms with Crippen molar-refractivity contribution in [3.05, 3.63) is 24.5 Å². The number of hydrogen-bond acceptors (Lipinski definition) is 2. The van der Waals surface area contributed by atoms with Crippen molar-refractivity contribution in [2.75, 3.05) is 5.32 Å². The minimum absolute atomic E-state index is 0.0875. The average molecular weight is 220 g/mol. The molecule has 0 aliphatic carbocycles. The van der Waals surface area contributed by atoms with Crippen molar-refractivity contribution in [3.63, 3.8) is 0 Å². The first-order valence-electron chi connectivity index (χ1n) is 6.03. The molecular formula is C13H20N2O. The molecule has 0 fully saturated rings. The van der Waals surface area contributed by atoms with E-state index in [4.69, 9.17) is 0 Å². The maximum Gasteiger partial charge on any atom is 0.224 e. The van der Waals surface area contributed by atoms with Gasteiger partial charge in [-0.15, -0.1) is 0 Å². The molecule has 88 valence electrons. The summed E-state index contributed by atoms with van der Waals surface area (Å²) in [5.74, 6) is 0.0875. The standard InChI is InChI=1S/C13H20N2O/c1-2-3-4-5-6-9-13(16)15-12-8-7-10-14-11-12/h7-8,10-11H,2-6,9H2,1H3,(H,15,16). The molecule has 0 saturated carbocycles. The van der Waals surface area contributed by atoms with Crippen LogP contribution in [-0.4, -0.2) is 10.9 Å². The summed E-state index contributed by atoms with van der Waals surface area (Å²) in [6.07, 6.45) is 9.83. The summed E-state index contributed by atoms with van der Waals surface area (Å²) < 4.78 is 0. The van der Waals surface area contributed by atoms with Crippen molar-refractivity contribution in [3.8, 4) is 0 Å². The van der Waals surface area contributed by atoms with E-state index in [0.29, 0.717) is 6.42 Å². The largest absolute Gasteiger partial charge is 0.325 e. The van der Waals surface area contributed by atoms with Gasteiger partial charge >= 0.3 is 0 Å². The Morgan fingerprint density at radius 3 is 2.81 bits per heavy atom. The Bertz CT molecular complexity index is 298. The third-order valence-corrected chi connectivity index (χ3v) is 2.45. The number of nitrogens with zero attached hydrogens (tertiary/aromatic N) is 1. The van der Waals surface area contributed by atoms with Crippen molar-refractivity contribution in [2.45, 2.75) is 45.4 Å². The van der Waals surface area contributed by atoms with Gasteiger partial charge in [0, 0.05) is 12.6 Å². The zero-order chi connectivity index (χ0) is 11.6. The van der Waals surface area contributed by atoms with Crippen molar-refractivity contribution >= 4 is 11.6 Å². The predicted octanol–water partition coefficient (Wildman–Crippen LogP) is 3.38. The second-order valence-electron chi connectivity index (χ2n) is 3.95. The number of amides is 1. The van der Waals surface area contributed by atoms with Gasteiger partial charge in [0.05, 0.1) is 11.9 Å². The van der Waals surface area contributed by atoms with Gasteiger partial charge in [-0.25, -0.2) is 0 Å². The molecular weight excluding hydrogens is 200 g/mol. The summed E-state index contributed by atoms with van der Waals surface area (Å²) in [4.78, 5) is 15.5. The Hall–Kier alpha value is -1.38. The third kappa shape index (κ3) is 5.49. The van der Waals surface area contributed by atoms with E-state index in [9.17, 15) is 4.79 Å². The first-order chi connectivity index (χ1) is 7.83. The molecule has 0 spiro atoms. The number of rotatable bonds is 7. The molecule has 0 radical (unpaired) electrons. The van der Waals surface area contributed by atoms with Crippen LogP contribution in [-0.2, 0) is 4.79 Å². The van der Waals surface area contributed by atoms with Gasteiger partial charge < -0.3 is 5.32 Å². The molecule has 1 rings (SSSR count). The lowest BCUT2D eigenvalue weighted by molar-refractivity contribution is -0.116. The Morgan fingerprint density at radius 1 is 1.31 bits per heavy atom. The molecule has 1 aromatic heterocycles. The van der Waals surface area contributed by atoms with Crippen LogP contribution in [0.15, 0.2) is 24.5 Å². The smallest absolute Gasteiger partial charge is 0.224 e. The lowest BCUT2D eigenvalue weighted by Crippen LogP contribution is -2.11. The van der Waals surface area contributed by atoms with Crippen molar-refractivity contribution in [1.29, 1.82) is 0 Å². The molecule has 1 heterocycles. The number of hydrogen-bond donors (Lipinski definition) is 1. The molecule has 1 N–H and O–H groups in total. The molecule has 0 saturated heterocycles. The third-order valence-electron chi connectivity index (χ3n) is 2.45. The summed E-state index contributed by atoms with van der Waals surface area (Å²) in [6.45, 7) is 2.19. The zero-order valence-corrected chi connectivity index (χ0v) is 9.91. The van der Waals surface area contributed by atoms with Crippen molar-refractivity contribution in [2.24, 2.45) is 0 Å². The average Bonchev–Trinajstić information content (AvgIpc) is 2.30. The Morgan fingerprint density at radius 2 is 2.12 bits per heavy atom. The molecule has 3 nitrogen and oxygen atoms in total. The van der Waals surface area contributed by atoms with Crippen LogP contribution in [0, 0.1) is 0 Å². The van der Waals surface area contributed by atoms with Gasteiger partial charge in [0.15, 0.2) is 0 Å². The molecule has 1 aromatic rings. The quantitative estimate of drug-likeness (QED) is 0.716. The minimum Gasteiger partial charge on any atom is -0.325 e. The fourth-order valence-electron chi connectivity index (χ4n) is 1.55. The first-order valence-corrected chi connectivity index (χ1v) is 6.03. The molecule has 1 amide bonds. The SMILES string of the molecule is CCCCCCCC(=O)Nc1cccnc1. The summed E-state index contributed by atoms with van der Waals surface area (Å²) in [6, 6.07) is 3.67. The minimum atomic E-state index is 0.0875. The number of unbranched alkanes of at least 4 members (excludes halogenated alkanes) is 4. The fourth-order valence-corrected chi connectivity index (χ4v) is 1.55. The molecule has 0 atom stereocenters. The molecule has 16 heavy (non-hydrogen) atoms. The van der Waals surface area contributed by atoms with Gasteiger partial charge in [0.1, 0.15) is 0 Å². The number of aromatic nitrogens is 1. The van der Waals surface area contributed by atoms with Crippen LogP contribution in [0.1, 0.15) is 45.4 Å². The fraction of sp³-hybridized carbons (Fsp3) is 0.538. The molecule has 0 unspecified atom stereocenters. The van der Waals surface area contributed by atoms with Gasteiger partial charge in [-0.3, -0.25) is 9.78 Å². The van der Waals surface area contributed by atoms with Gasteiger partial charge in [-0.05, 0) is 18.6 Å². The van der Waals surface area contributed by atoms with Crippen LogP contribution in [0.25, 0.3) is 0 Å². The van der Waals surface area contributed by atoms with E-state index < -0.39 is 0 Å². The lowest BCUT2D eigenvalue weighted by atomic mass is 10.1. The Balaban J connectivity index is 2.12. The van der Waals surface area contributed by atoms with E-state index in [0.717, 1.165) is 18.5 Å². The van der Waals surface area contributed by atoms with Crippen LogP contribution in [0.5, 0.6) is 0 Å². The molecule has 0 aliphatic rings.